The third-order valence-corrected chi connectivity index (χ3v) is 3.88. The quantitative estimate of drug-likeness (QED) is 0.856. The lowest BCUT2D eigenvalue weighted by Crippen LogP contribution is -1.97. The van der Waals surface area contributed by atoms with Gasteiger partial charge >= 0.3 is 5.97 Å². The monoisotopic (exact) mass is 267 g/mol. The normalized spacial score (nSPS) is 10.4. The molecule has 0 aliphatic heterocycles. The first kappa shape index (κ1) is 12.0. The number of hydrogen-bond donors (Lipinski definition) is 1. The molecule has 0 bridgehead atoms. The molecule has 0 saturated heterocycles. The number of carbonyl (C=O) groups is 1. The molecule has 0 saturated carbocycles. The van der Waals surface area contributed by atoms with Crippen molar-refractivity contribution in [2.24, 2.45) is 0 Å². The van der Waals surface area contributed by atoms with Crippen LogP contribution in [0.25, 0.3) is 0 Å². The minimum absolute atomic E-state index is 0.200. The van der Waals surface area contributed by atoms with Crippen molar-refractivity contribution in [1.82, 2.24) is 14.3 Å². The molecule has 0 radical (unpaired) electrons. The number of aromatic nitrogens is 3. The molecule has 88 valence electrons. The van der Waals surface area contributed by atoms with E-state index in [1.54, 1.807) is 23.9 Å². The zero-order valence-corrected chi connectivity index (χ0v) is 10.6. The zero-order valence-electron chi connectivity index (χ0n) is 8.95. The number of carboxylic acid groups (broad SMARTS) is 1. The number of aryl methyl sites for hydroxylation is 1. The highest BCUT2D eigenvalue weighted by atomic mass is 32.2. The highest BCUT2D eigenvalue weighted by molar-refractivity contribution is 8.00. The van der Waals surface area contributed by atoms with Crippen molar-refractivity contribution < 1.29 is 9.90 Å². The van der Waals surface area contributed by atoms with E-state index >= 15 is 0 Å². The minimum atomic E-state index is -0.962. The average Bonchev–Trinajstić information content (AvgIpc) is 2.73. The maximum atomic E-state index is 10.6. The van der Waals surface area contributed by atoms with Crippen molar-refractivity contribution in [3.05, 3.63) is 35.4 Å². The lowest BCUT2D eigenvalue weighted by atomic mass is 10.2. The topological polar surface area (TPSA) is 76.0 Å². The van der Waals surface area contributed by atoms with Crippen LogP contribution < -0.4 is 0 Å². The summed E-state index contributed by atoms with van der Waals surface area (Å²) in [7, 11) is 0. The Hall–Kier alpha value is -1.47. The van der Waals surface area contributed by atoms with Gasteiger partial charge in [0, 0.05) is 11.9 Å². The van der Waals surface area contributed by atoms with E-state index in [1.807, 2.05) is 6.92 Å². The SMILES string of the molecule is Cc1nsc(SCc2ccc(C(=O)O)cn2)n1. The summed E-state index contributed by atoms with van der Waals surface area (Å²) in [4.78, 5) is 18.9. The summed E-state index contributed by atoms with van der Waals surface area (Å²) in [6.45, 7) is 1.85. The second-order valence-corrected chi connectivity index (χ2v) is 5.21. The molecule has 0 unspecified atom stereocenters. The molecule has 2 aromatic rings. The van der Waals surface area contributed by atoms with Crippen LogP contribution in [0.5, 0.6) is 0 Å². The number of thioether (sulfide) groups is 1. The molecule has 5 nitrogen and oxygen atoms in total. The molecular formula is C10H9N3O2S2. The van der Waals surface area contributed by atoms with E-state index in [4.69, 9.17) is 5.11 Å². The van der Waals surface area contributed by atoms with Crippen molar-refractivity contribution in [1.29, 1.82) is 0 Å². The summed E-state index contributed by atoms with van der Waals surface area (Å²) in [5, 5.41) is 8.72. The Kier molecular flexibility index (Phi) is 3.70. The van der Waals surface area contributed by atoms with Gasteiger partial charge in [-0.05, 0) is 30.6 Å². The van der Waals surface area contributed by atoms with Gasteiger partial charge in [-0.3, -0.25) is 4.98 Å². The molecule has 7 heteroatoms. The van der Waals surface area contributed by atoms with E-state index in [2.05, 4.69) is 14.3 Å². The van der Waals surface area contributed by atoms with Crippen LogP contribution in [0.2, 0.25) is 0 Å². The van der Waals surface area contributed by atoms with Crippen molar-refractivity contribution in [2.45, 2.75) is 17.0 Å². The van der Waals surface area contributed by atoms with Gasteiger partial charge in [0.1, 0.15) is 5.82 Å². The fraction of sp³-hybridized carbons (Fsp3) is 0.200. The lowest BCUT2D eigenvalue weighted by Gasteiger charge is -1.98. The molecule has 0 aliphatic rings. The Labute approximate surface area is 106 Å². The van der Waals surface area contributed by atoms with E-state index in [9.17, 15) is 4.79 Å². The molecule has 0 amide bonds. The second-order valence-electron chi connectivity index (χ2n) is 3.24. The van der Waals surface area contributed by atoms with Crippen LogP contribution in [0.15, 0.2) is 22.7 Å². The Balaban J connectivity index is 1.97. The molecular weight excluding hydrogens is 258 g/mol. The number of nitrogens with zero attached hydrogens (tertiary/aromatic N) is 3. The van der Waals surface area contributed by atoms with Crippen molar-refractivity contribution in [3.8, 4) is 0 Å². The van der Waals surface area contributed by atoms with Gasteiger partial charge in [-0.1, -0.05) is 11.8 Å². The van der Waals surface area contributed by atoms with Gasteiger partial charge in [-0.2, -0.15) is 4.37 Å². The Morgan fingerprint density at radius 3 is 2.88 bits per heavy atom. The first-order valence-corrected chi connectivity index (χ1v) is 6.52. The number of rotatable bonds is 4. The van der Waals surface area contributed by atoms with Crippen LogP contribution >= 0.6 is 23.3 Å². The maximum absolute atomic E-state index is 10.6. The van der Waals surface area contributed by atoms with Gasteiger partial charge in [-0.25, -0.2) is 9.78 Å². The van der Waals surface area contributed by atoms with E-state index in [-0.39, 0.29) is 5.56 Å². The van der Waals surface area contributed by atoms with Crippen molar-refractivity contribution in [3.63, 3.8) is 0 Å². The Bertz CT molecular complexity index is 525. The minimum Gasteiger partial charge on any atom is -0.478 e. The van der Waals surface area contributed by atoms with Crippen LogP contribution in [0.3, 0.4) is 0 Å². The van der Waals surface area contributed by atoms with Gasteiger partial charge in [0.25, 0.3) is 0 Å². The second kappa shape index (κ2) is 5.24. The van der Waals surface area contributed by atoms with Crippen LogP contribution in [0, 0.1) is 6.92 Å². The smallest absolute Gasteiger partial charge is 0.337 e. The fourth-order valence-electron chi connectivity index (χ4n) is 1.11. The van der Waals surface area contributed by atoms with Crippen LogP contribution in [-0.4, -0.2) is 25.4 Å². The largest absolute Gasteiger partial charge is 0.478 e. The van der Waals surface area contributed by atoms with E-state index in [0.717, 1.165) is 15.9 Å². The average molecular weight is 267 g/mol. The third kappa shape index (κ3) is 3.24. The van der Waals surface area contributed by atoms with E-state index in [1.165, 1.54) is 17.7 Å². The predicted molar refractivity (Wildman–Crippen MR) is 65.4 cm³/mol. The van der Waals surface area contributed by atoms with Gasteiger partial charge in [0.2, 0.25) is 0 Å². The molecule has 0 fully saturated rings. The van der Waals surface area contributed by atoms with Crippen LogP contribution in [-0.2, 0) is 5.75 Å². The first-order valence-electron chi connectivity index (χ1n) is 4.76. The van der Waals surface area contributed by atoms with Crippen molar-refractivity contribution in [2.75, 3.05) is 0 Å². The molecule has 0 atom stereocenters. The number of pyridine rings is 1. The molecule has 0 spiro atoms. The van der Waals surface area contributed by atoms with Crippen molar-refractivity contribution >= 4 is 29.3 Å². The summed E-state index contributed by atoms with van der Waals surface area (Å²) in [5.74, 6) is 0.470. The summed E-state index contributed by atoms with van der Waals surface area (Å²) >= 11 is 2.90. The molecule has 0 aromatic carbocycles. The van der Waals surface area contributed by atoms with E-state index in [0.29, 0.717) is 5.75 Å². The van der Waals surface area contributed by atoms with Gasteiger partial charge in [0.15, 0.2) is 4.34 Å². The van der Waals surface area contributed by atoms with E-state index < -0.39 is 5.97 Å². The molecule has 2 aromatic heterocycles. The molecule has 2 rings (SSSR count). The molecule has 0 aliphatic carbocycles. The third-order valence-electron chi connectivity index (χ3n) is 1.92. The van der Waals surface area contributed by atoms with Gasteiger partial charge in [0.05, 0.1) is 11.3 Å². The van der Waals surface area contributed by atoms with Crippen LogP contribution in [0.1, 0.15) is 21.9 Å². The maximum Gasteiger partial charge on any atom is 0.337 e. The summed E-state index contributed by atoms with van der Waals surface area (Å²) in [6, 6.07) is 3.26. The van der Waals surface area contributed by atoms with Gasteiger partial charge < -0.3 is 5.11 Å². The summed E-state index contributed by atoms with van der Waals surface area (Å²) < 4.78 is 4.97. The standard InChI is InChI=1S/C10H9N3O2S2/c1-6-12-10(17-13-6)16-5-8-3-2-7(4-11-8)9(14)15/h2-4H,5H2,1H3,(H,14,15). The van der Waals surface area contributed by atoms with Crippen LogP contribution in [0.4, 0.5) is 0 Å². The molecule has 2 heterocycles. The highest BCUT2D eigenvalue weighted by Gasteiger charge is 2.05. The predicted octanol–water partition coefficient (Wildman–Crippen LogP) is 2.23. The Morgan fingerprint density at radius 2 is 2.35 bits per heavy atom. The highest BCUT2D eigenvalue weighted by Crippen LogP contribution is 2.23. The lowest BCUT2D eigenvalue weighted by molar-refractivity contribution is 0.0696. The molecule has 17 heavy (non-hydrogen) atoms. The first-order chi connectivity index (χ1) is 8.15. The Morgan fingerprint density at radius 1 is 1.53 bits per heavy atom. The number of carboxylic acids is 1. The summed E-state index contributed by atoms with van der Waals surface area (Å²) in [5.41, 5.74) is 1.03. The molecule has 1 N–H and O–H groups in total. The zero-order chi connectivity index (χ0) is 12.3. The number of aromatic carboxylic acids is 1. The fourth-order valence-corrected chi connectivity index (χ4v) is 2.67. The number of hydrogen-bond acceptors (Lipinski definition) is 6. The summed E-state index contributed by atoms with van der Waals surface area (Å²) in [6.07, 6.45) is 1.36. The van der Waals surface area contributed by atoms with Gasteiger partial charge in [-0.15, -0.1) is 0 Å².